The summed E-state index contributed by atoms with van der Waals surface area (Å²) in [6.45, 7) is 1.38. The number of rotatable bonds is 4. The molecular formula is C12H17BO4. The minimum atomic E-state index is -1.43. The molecule has 0 amide bonds. The summed E-state index contributed by atoms with van der Waals surface area (Å²) >= 11 is 0. The topological polar surface area (TPSA) is 58.9 Å². The second-order valence-corrected chi connectivity index (χ2v) is 4.24. The van der Waals surface area contributed by atoms with E-state index in [0.29, 0.717) is 12.1 Å². The first-order valence-corrected chi connectivity index (χ1v) is 5.96. The Hall–Kier alpha value is -1.04. The summed E-state index contributed by atoms with van der Waals surface area (Å²) in [5, 5.41) is 17.9. The van der Waals surface area contributed by atoms with Gasteiger partial charge in [-0.1, -0.05) is 12.1 Å². The Morgan fingerprint density at radius 2 is 2.00 bits per heavy atom. The molecular weight excluding hydrogens is 219 g/mol. The molecule has 1 aliphatic heterocycles. The van der Waals surface area contributed by atoms with Crippen molar-refractivity contribution in [2.45, 2.75) is 25.4 Å². The lowest BCUT2D eigenvalue weighted by atomic mass is 9.80. The minimum absolute atomic E-state index is 0.187. The molecule has 1 unspecified atom stereocenters. The standard InChI is InChI=1S/C12H17BO4/c14-13(15)10-4-6-11(7-5-10)17-9-12-3-1-2-8-16-12/h4-7,12,14-15H,1-3,8-9H2. The zero-order valence-corrected chi connectivity index (χ0v) is 9.71. The monoisotopic (exact) mass is 236 g/mol. The maximum Gasteiger partial charge on any atom is 0.488 e. The number of benzene rings is 1. The molecule has 1 saturated heterocycles. The quantitative estimate of drug-likeness (QED) is 0.739. The van der Waals surface area contributed by atoms with Crippen molar-refractivity contribution >= 4 is 12.6 Å². The van der Waals surface area contributed by atoms with Crippen LogP contribution in [0.15, 0.2) is 24.3 Å². The summed E-state index contributed by atoms with van der Waals surface area (Å²) in [6.07, 6.45) is 3.57. The molecule has 1 atom stereocenters. The van der Waals surface area contributed by atoms with Gasteiger partial charge in [0, 0.05) is 6.61 Å². The van der Waals surface area contributed by atoms with Gasteiger partial charge in [0.05, 0.1) is 6.10 Å². The zero-order valence-electron chi connectivity index (χ0n) is 9.71. The Balaban J connectivity index is 1.82. The molecule has 2 N–H and O–H groups in total. The molecule has 0 spiro atoms. The first-order chi connectivity index (χ1) is 8.25. The maximum atomic E-state index is 8.94. The second kappa shape index (κ2) is 6.05. The Bertz CT molecular complexity index is 333. The Kier molecular flexibility index (Phi) is 4.42. The zero-order chi connectivity index (χ0) is 12.1. The van der Waals surface area contributed by atoms with Crippen molar-refractivity contribution in [3.05, 3.63) is 24.3 Å². The highest BCUT2D eigenvalue weighted by molar-refractivity contribution is 6.58. The van der Waals surface area contributed by atoms with Crippen molar-refractivity contribution in [1.29, 1.82) is 0 Å². The third kappa shape index (κ3) is 3.73. The van der Waals surface area contributed by atoms with E-state index in [1.165, 1.54) is 6.42 Å². The highest BCUT2D eigenvalue weighted by Crippen LogP contribution is 2.15. The molecule has 1 aromatic rings. The largest absolute Gasteiger partial charge is 0.491 e. The summed E-state index contributed by atoms with van der Waals surface area (Å²) in [4.78, 5) is 0. The first kappa shape index (κ1) is 12.4. The van der Waals surface area contributed by atoms with Crippen LogP contribution in [0.2, 0.25) is 0 Å². The van der Waals surface area contributed by atoms with E-state index >= 15 is 0 Å². The summed E-state index contributed by atoms with van der Waals surface area (Å²) < 4.78 is 11.1. The third-order valence-electron chi connectivity index (χ3n) is 2.89. The van der Waals surface area contributed by atoms with Crippen LogP contribution in [-0.4, -0.2) is 36.5 Å². The van der Waals surface area contributed by atoms with E-state index in [2.05, 4.69) is 0 Å². The minimum Gasteiger partial charge on any atom is -0.491 e. The lowest BCUT2D eigenvalue weighted by molar-refractivity contribution is -0.0110. The van der Waals surface area contributed by atoms with Crippen molar-refractivity contribution in [2.75, 3.05) is 13.2 Å². The first-order valence-electron chi connectivity index (χ1n) is 5.96. The highest BCUT2D eigenvalue weighted by atomic mass is 16.5. The van der Waals surface area contributed by atoms with E-state index in [9.17, 15) is 0 Å². The van der Waals surface area contributed by atoms with Crippen LogP contribution in [0.1, 0.15) is 19.3 Å². The fourth-order valence-electron chi connectivity index (χ4n) is 1.86. The molecule has 17 heavy (non-hydrogen) atoms. The second-order valence-electron chi connectivity index (χ2n) is 4.24. The third-order valence-corrected chi connectivity index (χ3v) is 2.89. The van der Waals surface area contributed by atoms with Gasteiger partial charge in [-0.3, -0.25) is 0 Å². The molecule has 0 bridgehead atoms. The highest BCUT2D eigenvalue weighted by Gasteiger charge is 2.15. The molecule has 1 aromatic carbocycles. The number of hydrogen-bond donors (Lipinski definition) is 2. The average molecular weight is 236 g/mol. The molecule has 0 saturated carbocycles. The van der Waals surface area contributed by atoms with Gasteiger partial charge >= 0.3 is 7.12 Å². The van der Waals surface area contributed by atoms with E-state index in [1.807, 2.05) is 0 Å². The van der Waals surface area contributed by atoms with E-state index in [1.54, 1.807) is 24.3 Å². The average Bonchev–Trinajstić information content (AvgIpc) is 2.38. The fourth-order valence-corrected chi connectivity index (χ4v) is 1.86. The summed E-state index contributed by atoms with van der Waals surface area (Å²) in [5.41, 5.74) is 0.464. The van der Waals surface area contributed by atoms with Gasteiger partial charge in [0.1, 0.15) is 12.4 Å². The SMILES string of the molecule is OB(O)c1ccc(OCC2CCCCO2)cc1. The van der Waals surface area contributed by atoms with Gasteiger partial charge in [-0.25, -0.2) is 0 Å². The Labute approximate surface area is 101 Å². The van der Waals surface area contributed by atoms with Crippen LogP contribution in [0.4, 0.5) is 0 Å². The number of ether oxygens (including phenoxy) is 2. The van der Waals surface area contributed by atoms with Crippen molar-refractivity contribution < 1.29 is 19.5 Å². The molecule has 1 aliphatic rings. The lowest BCUT2D eigenvalue weighted by Crippen LogP contribution is -2.29. The summed E-state index contributed by atoms with van der Waals surface area (Å²) in [6, 6.07) is 6.75. The van der Waals surface area contributed by atoms with Crippen molar-refractivity contribution in [3.63, 3.8) is 0 Å². The molecule has 5 heteroatoms. The van der Waals surface area contributed by atoms with Crippen LogP contribution in [0.5, 0.6) is 5.75 Å². The van der Waals surface area contributed by atoms with Gasteiger partial charge in [0.2, 0.25) is 0 Å². The normalized spacial score (nSPS) is 20.0. The molecule has 1 fully saturated rings. The Morgan fingerprint density at radius 1 is 1.24 bits per heavy atom. The smallest absolute Gasteiger partial charge is 0.488 e. The van der Waals surface area contributed by atoms with Crippen LogP contribution in [0.25, 0.3) is 0 Å². The summed E-state index contributed by atoms with van der Waals surface area (Å²) in [5.74, 6) is 0.726. The molecule has 92 valence electrons. The van der Waals surface area contributed by atoms with Crippen molar-refractivity contribution in [3.8, 4) is 5.75 Å². The maximum absolute atomic E-state index is 8.94. The molecule has 4 nitrogen and oxygen atoms in total. The van der Waals surface area contributed by atoms with Gasteiger partial charge in [-0.05, 0) is 36.9 Å². The molecule has 1 heterocycles. The van der Waals surface area contributed by atoms with Crippen LogP contribution >= 0.6 is 0 Å². The van der Waals surface area contributed by atoms with Crippen LogP contribution in [-0.2, 0) is 4.74 Å². The van der Waals surface area contributed by atoms with E-state index < -0.39 is 7.12 Å². The molecule has 0 aliphatic carbocycles. The van der Waals surface area contributed by atoms with Crippen LogP contribution < -0.4 is 10.2 Å². The van der Waals surface area contributed by atoms with Crippen LogP contribution in [0, 0.1) is 0 Å². The van der Waals surface area contributed by atoms with E-state index in [4.69, 9.17) is 19.5 Å². The van der Waals surface area contributed by atoms with E-state index in [0.717, 1.165) is 25.2 Å². The van der Waals surface area contributed by atoms with Crippen molar-refractivity contribution in [2.24, 2.45) is 0 Å². The van der Waals surface area contributed by atoms with Gasteiger partial charge < -0.3 is 19.5 Å². The van der Waals surface area contributed by atoms with Gasteiger partial charge in [0.15, 0.2) is 0 Å². The fraction of sp³-hybridized carbons (Fsp3) is 0.500. The van der Waals surface area contributed by atoms with Crippen LogP contribution in [0.3, 0.4) is 0 Å². The van der Waals surface area contributed by atoms with E-state index in [-0.39, 0.29) is 6.10 Å². The van der Waals surface area contributed by atoms with Gasteiger partial charge in [-0.2, -0.15) is 0 Å². The summed E-state index contributed by atoms with van der Waals surface area (Å²) in [7, 11) is -1.43. The molecule has 0 aromatic heterocycles. The van der Waals surface area contributed by atoms with Crippen molar-refractivity contribution in [1.82, 2.24) is 0 Å². The predicted octanol–water partition coefficient (Wildman–Crippen LogP) is 0.314. The molecule has 2 rings (SSSR count). The lowest BCUT2D eigenvalue weighted by Gasteiger charge is -2.22. The van der Waals surface area contributed by atoms with Gasteiger partial charge in [-0.15, -0.1) is 0 Å². The Morgan fingerprint density at radius 3 is 2.59 bits per heavy atom. The number of hydrogen-bond acceptors (Lipinski definition) is 4. The predicted molar refractivity (Wildman–Crippen MR) is 65.4 cm³/mol. The molecule has 0 radical (unpaired) electrons. The van der Waals surface area contributed by atoms with Gasteiger partial charge in [0.25, 0.3) is 0 Å².